The molecule has 0 N–H and O–H groups in total. The lowest BCUT2D eigenvalue weighted by Gasteiger charge is -2.26. The van der Waals surface area contributed by atoms with Crippen molar-refractivity contribution >= 4 is 17.9 Å². The van der Waals surface area contributed by atoms with Crippen LogP contribution in [0.5, 0.6) is 17.2 Å². The zero-order valence-electron chi connectivity index (χ0n) is 16.5. The van der Waals surface area contributed by atoms with Crippen molar-refractivity contribution in [3.63, 3.8) is 0 Å². The molecule has 0 radical (unpaired) electrons. The number of hydrogen-bond donors (Lipinski definition) is 0. The van der Waals surface area contributed by atoms with Crippen LogP contribution in [0, 0.1) is 0 Å². The van der Waals surface area contributed by atoms with Gasteiger partial charge in [0.05, 0.1) is 14.2 Å². The van der Waals surface area contributed by atoms with Crippen LogP contribution in [-0.2, 0) is 9.59 Å². The largest absolute Gasteiger partial charge is 0.497 e. The third kappa shape index (κ3) is 5.07. The number of nitrogens with zero attached hydrogens (tertiary/aromatic N) is 2. The highest BCUT2D eigenvalue weighted by Gasteiger charge is 2.29. The normalized spacial score (nSPS) is 13.6. The third-order valence-electron chi connectivity index (χ3n) is 4.52. The van der Waals surface area contributed by atoms with E-state index in [-0.39, 0.29) is 18.4 Å². The molecule has 3 rings (SSSR count). The molecule has 2 aromatic carbocycles. The highest BCUT2D eigenvalue weighted by Crippen LogP contribution is 2.25. The summed E-state index contributed by atoms with van der Waals surface area (Å²) in [6.45, 7) is 0.843. The van der Waals surface area contributed by atoms with Crippen LogP contribution in [0.25, 0.3) is 6.08 Å². The number of hydrazine groups is 1. The summed E-state index contributed by atoms with van der Waals surface area (Å²) in [7, 11) is 3.14. The molecule has 1 saturated heterocycles. The highest BCUT2D eigenvalue weighted by molar-refractivity contribution is 5.94. The number of methoxy groups -OCH3 is 2. The van der Waals surface area contributed by atoms with Crippen molar-refractivity contribution in [2.24, 2.45) is 0 Å². The quantitative estimate of drug-likeness (QED) is 0.673. The molecule has 0 saturated carbocycles. The molecule has 152 valence electrons. The topological polar surface area (TPSA) is 68.3 Å². The van der Waals surface area contributed by atoms with Crippen LogP contribution in [0.1, 0.15) is 12.0 Å². The third-order valence-corrected chi connectivity index (χ3v) is 4.52. The van der Waals surface area contributed by atoms with E-state index >= 15 is 0 Å². The fourth-order valence-corrected chi connectivity index (χ4v) is 3.05. The lowest BCUT2D eigenvalue weighted by Crippen LogP contribution is -2.46. The minimum Gasteiger partial charge on any atom is -0.497 e. The van der Waals surface area contributed by atoms with Gasteiger partial charge in [-0.25, -0.2) is 10.0 Å². The van der Waals surface area contributed by atoms with Gasteiger partial charge in [-0.05, 0) is 42.8 Å². The number of rotatable bonds is 7. The molecule has 2 amide bonds. The Bertz CT molecular complexity index is 882. The number of benzene rings is 2. The monoisotopic (exact) mass is 396 g/mol. The summed E-state index contributed by atoms with van der Waals surface area (Å²) in [6, 6.07) is 14.4. The molecule has 0 unspecified atom stereocenters. The molecule has 7 heteroatoms. The molecule has 1 aliphatic rings. The standard InChI is InChI=1S/C22H24N2O5/c1-27-19-10-11-20(28-2)17(15-19)9-12-21(25)23-13-6-14-24(23)22(26)16-29-18-7-4-3-5-8-18/h3-5,7-12,15H,6,13-14,16H2,1-2H3. The smallest absolute Gasteiger partial charge is 0.279 e. The van der Waals surface area contributed by atoms with Gasteiger partial charge < -0.3 is 14.2 Å². The maximum absolute atomic E-state index is 12.7. The minimum absolute atomic E-state index is 0.124. The van der Waals surface area contributed by atoms with E-state index in [4.69, 9.17) is 14.2 Å². The van der Waals surface area contributed by atoms with E-state index in [0.29, 0.717) is 35.9 Å². The van der Waals surface area contributed by atoms with Crippen LogP contribution < -0.4 is 14.2 Å². The van der Waals surface area contributed by atoms with Crippen molar-refractivity contribution in [2.75, 3.05) is 33.9 Å². The van der Waals surface area contributed by atoms with Gasteiger partial charge in [-0.1, -0.05) is 18.2 Å². The number of carbonyl (C=O) groups is 2. The van der Waals surface area contributed by atoms with Gasteiger partial charge in [0.1, 0.15) is 17.2 Å². The first-order chi connectivity index (χ1) is 14.1. The van der Waals surface area contributed by atoms with E-state index in [0.717, 1.165) is 6.42 Å². The van der Waals surface area contributed by atoms with Gasteiger partial charge in [-0.3, -0.25) is 9.59 Å². The molecule has 1 aliphatic heterocycles. The lowest BCUT2D eigenvalue weighted by molar-refractivity contribution is -0.156. The van der Waals surface area contributed by atoms with Crippen molar-refractivity contribution < 1.29 is 23.8 Å². The molecule has 1 heterocycles. The average molecular weight is 396 g/mol. The Balaban J connectivity index is 1.65. The summed E-state index contributed by atoms with van der Waals surface area (Å²) in [5.41, 5.74) is 0.713. The Morgan fingerprint density at radius 3 is 2.45 bits per heavy atom. The minimum atomic E-state index is -0.277. The summed E-state index contributed by atoms with van der Waals surface area (Å²) < 4.78 is 16.1. The summed E-state index contributed by atoms with van der Waals surface area (Å²) in [6.07, 6.45) is 3.81. The average Bonchev–Trinajstić information content (AvgIpc) is 3.26. The Kier molecular flexibility index (Phi) is 6.73. The Morgan fingerprint density at radius 1 is 0.966 bits per heavy atom. The van der Waals surface area contributed by atoms with Crippen molar-refractivity contribution in [1.29, 1.82) is 0 Å². The van der Waals surface area contributed by atoms with Crippen LogP contribution in [0.15, 0.2) is 54.6 Å². The number of ether oxygens (including phenoxy) is 3. The highest BCUT2D eigenvalue weighted by atomic mass is 16.5. The molecule has 0 aromatic heterocycles. The second-order valence-electron chi connectivity index (χ2n) is 6.37. The molecule has 0 bridgehead atoms. The fourth-order valence-electron chi connectivity index (χ4n) is 3.05. The zero-order valence-corrected chi connectivity index (χ0v) is 16.5. The molecule has 2 aromatic rings. The maximum Gasteiger partial charge on any atom is 0.279 e. The zero-order chi connectivity index (χ0) is 20.6. The first kappa shape index (κ1) is 20.3. The van der Waals surface area contributed by atoms with Gasteiger partial charge in [-0.2, -0.15) is 0 Å². The van der Waals surface area contributed by atoms with Gasteiger partial charge in [0, 0.05) is 24.7 Å². The SMILES string of the molecule is COc1ccc(OC)c(C=CC(=O)N2CCCN2C(=O)COc2ccccc2)c1. The van der Waals surface area contributed by atoms with Crippen LogP contribution in [-0.4, -0.2) is 55.7 Å². The molecule has 0 atom stereocenters. The summed E-state index contributed by atoms with van der Waals surface area (Å²) in [5.74, 6) is 1.37. The first-order valence-electron chi connectivity index (χ1n) is 9.32. The van der Waals surface area contributed by atoms with Gasteiger partial charge >= 0.3 is 0 Å². The molecule has 0 spiro atoms. The molecule has 1 fully saturated rings. The summed E-state index contributed by atoms with van der Waals surface area (Å²) in [5, 5.41) is 2.89. The van der Waals surface area contributed by atoms with E-state index < -0.39 is 0 Å². The molecule has 0 aliphatic carbocycles. The van der Waals surface area contributed by atoms with E-state index in [9.17, 15) is 9.59 Å². The molecular formula is C22H24N2O5. The number of hydrogen-bond acceptors (Lipinski definition) is 5. The van der Waals surface area contributed by atoms with Crippen LogP contribution in [0.3, 0.4) is 0 Å². The second kappa shape index (κ2) is 9.64. The van der Waals surface area contributed by atoms with Gasteiger partial charge in [0.15, 0.2) is 6.61 Å². The van der Waals surface area contributed by atoms with E-state index in [2.05, 4.69) is 0 Å². The van der Waals surface area contributed by atoms with Crippen molar-refractivity contribution in [3.05, 3.63) is 60.2 Å². The Labute approximate surface area is 170 Å². The van der Waals surface area contributed by atoms with Crippen LogP contribution >= 0.6 is 0 Å². The number of amides is 2. The summed E-state index contributed by atoms with van der Waals surface area (Å²) in [4.78, 5) is 25.2. The van der Waals surface area contributed by atoms with Crippen molar-refractivity contribution in [1.82, 2.24) is 10.0 Å². The fraction of sp³-hybridized carbons (Fsp3) is 0.273. The number of para-hydroxylation sites is 1. The lowest BCUT2D eigenvalue weighted by atomic mass is 10.1. The van der Waals surface area contributed by atoms with E-state index in [1.165, 1.54) is 16.1 Å². The molecule has 29 heavy (non-hydrogen) atoms. The predicted octanol–water partition coefficient (Wildman–Crippen LogP) is 2.77. The van der Waals surface area contributed by atoms with E-state index in [1.54, 1.807) is 50.6 Å². The predicted molar refractivity (Wildman–Crippen MR) is 109 cm³/mol. The van der Waals surface area contributed by atoms with Crippen molar-refractivity contribution in [3.8, 4) is 17.2 Å². The second-order valence-corrected chi connectivity index (χ2v) is 6.37. The van der Waals surface area contributed by atoms with Crippen LogP contribution in [0.4, 0.5) is 0 Å². The Hall–Kier alpha value is -3.48. The van der Waals surface area contributed by atoms with Crippen molar-refractivity contribution in [2.45, 2.75) is 6.42 Å². The number of carbonyl (C=O) groups excluding carboxylic acids is 2. The Morgan fingerprint density at radius 2 is 1.72 bits per heavy atom. The maximum atomic E-state index is 12.7. The van der Waals surface area contributed by atoms with E-state index in [1.807, 2.05) is 18.2 Å². The molecule has 7 nitrogen and oxygen atoms in total. The first-order valence-corrected chi connectivity index (χ1v) is 9.32. The van der Waals surface area contributed by atoms with Gasteiger partial charge in [0.25, 0.3) is 11.8 Å². The van der Waals surface area contributed by atoms with Gasteiger partial charge in [-0.15, -0.1) is 0 Å². The van der Waals surface area contributed by atoms with Gasteiger partial charge in [0.2, 0.25) is 0 Å². The molecular weight excluding hydrogens is 372 g/mol. The van der Waals surface area contributed by atoms with Crippen LogP contribution in [0.2, 0.25) is 0 Å². The summed E-state index contributed by atoms with van der Waals surface area (Å²) >= 11 is 0.